The third-order valence-corrected chi connectivity index (χ3v) is 3.93. The Bertz CT molecular complexity index is 596. The van der Waals surface area contributed by atoms with Crippen molar-refractivity contribution in [2.45, 2.75) is 25.8 Å². The Kier molecular flexibility index (Phi) is 6.97. The number of carbonyl (C=O) groups is 2. The molecule has 0 spiro atoms. The molecule has 1 fully saturated rings. The highest BCUT2D eigenvalue weighted by Crippen LogP contribution is 2.28. The molecule has 0 radical (unpaired) electrons. The summed E-state index contributed by atoms with van der Waals surface area (Å²) in [6, 6.07) is 2.83. The van der Waals surface area contributed by atoms with Crippen LogP contribution in [0.3, 0.4) is 0 Å². The SMILES string of the molecule is COc1cc(N)c(Cl)cc1C(=O)NC(C)CN1CCCC1=O.Cl. The second kappa shape index (κ2) is 8.26. The predicted molar refractivity (Wildman–Crippen MR) is 92.4 cm³/mol. The number of hydrogen-bond acceptors (Lipinski definition) is 4. The zero-order valence-electron chi connectivity index (χ0n) is 13.1. The number of benzene rings is 1. The Morgan fingerprint density at radius 2 is 2.22 bits per heavy atom. The molecule has 1 aromatic rings. The minimum absolute atomic E-state index is 0. The minimum Gasteiger partial charge on any atom is -0.496 e. The first kappa shape index (κ1) is 19.4. The molecule has 1 atom stereocenters. The number of ether oxygens (including phenoxy) is 1. The molecule has 0 aromatic heterocycles. The van der Waals surface area contributed by atoms with Crippen molar-refractivity contribution in [2.75, 3.05) is 25.9 Å². The third kappa shape index (κ3) is 4.65. The molecule has 0 aliphatic carbocycles. The standard InChI is InChI=1S/C15H20ClN3O3.ClH/c1-9(8-19-5-3-4-14(19)20)18-15(21)10-6-11(16)12(17)7-13(10)22-2;/h6-7,9H,3-5,8,17H2,1-2H3,(H,18,21);1H. The first-order chi connectivity index (χ1) is 10.4. The van der Waals surface area contributed by atoms with Gasteiger partial charge >= 0.3 is 0 Å². The van der Waals surface area contributed by atoms with Crippen LogP contribution in [0.2, 0.25) is 5.02 Å². The Morgan fingerprint density at radius 1 is 1.52 bits per heavy atom. The van der Waals surface area contributed by atoms with Crippen LogP contribution < -0.4 is 15.8 Å². The van der Waals surface area contributed by atoms with E-state index in [9.17, 15) is 9.59 Å². The van der Waals surface area contributed by atoms with E-state index in [1.54, 1.807) is 4.90 Å². The lowest BCUT2D eigenvalue weighted by molar-refractivity contribution is -0.127. The zero-order valence-corrected chi connectivity index (χ0v) is 14.7. The smallest absolute Gasteiger partial charge is 0.255 e. The third-order valence-electron chi connectivity index (χ3n) is 3.61. The molecule has 128 valence electrons. The van der Waals surface area contributed by atoms with Gasteiger partial charge in [0.2, 0.25) is 5.91 Å². The van der Waals surface area contributed by atoms with E-state index in [0.717, 1.165) is 13.0 Å². The van der Waals surface area contributed by atoms with Gasteiger partial charge in [0.05, 0.1) is 23.4 Å². The molecule has 2 rings (SSSR count). The maximum Gasteiger partial charge on any atom is 0.255 e. The molecule has 6 nitrogen and oxygen atoms in total. The normalized spacial score (nSPS) is 15.1. The monoisotopic (exact) mass is 361 g/mol. The van der Waals surface area contributed by atoms with Crippen molar-refractivity contribution in [1.29, 1.82) is 0 Å². The number of rotatable bonds is 5. The lowest BCUT2D eigenvalue weighted by Crippen LogP contribution is -2.42. The van der Waals surface area contributed by atoms with Crippen LogP contribution >= 0.6 is 24.0 Å². The zero-order chi connectivity index (χ0) is 16.3. The Morgan fingerprint density at radius 3 is 2.78 bits per heavy atom. The average Bonchev–Trinajstić information content (AvgIpc) is 2.86. The van der Waals surface area contributed by atoms with Crippen LogP contribution in [0.4, 0.5) is 5.69 Å². The van der Waals surface area contributed by atoms with Gasteiger partial charge in [0.15, 0.2) is 0 Å². The fourth-order valence-corrected chi connectivity index (χ4v) is 2.65. The summed E-state index contributed by atoms with van der Waals surface area (Å²) >= 11 is 5.97. The summed E-state index contributed by atoms with van der Waals surface area (Å²) in [7, 11) is 1.46. The number of amides is 2. The average molecular weight is 362 g/mol. The van der Waals surface area contributed by atoms with Gasteiger partial charge in [-0.25, -0.2) is 0 Å². The number of nitrogen functional groups attached to an aromatic ring is 1. The number of hydrogen-bond donors (Lipinski definition) is 2. The highest BCUT2D eigenvalue weighted by Gasteiger charge is 2.23. The van der Waals surface area contributed by atoms with Crippen molar-refractivity contribution in [2.24, 2.45) is 0 Å². The van der Waals surface area contributed by atoms with Crippen LogP contribution in [0.15, 0.2) is 12.1 Å². The van der Waals surface area contributed by atoms with Gasteiger partial charge in [-0.3, -0.25) is 9.59 Å². The van der Waals surface area contributed by atoms with Crippen molar-refractivity contribution in [3.05, 3.63) is 22.7 Å². The summed E-state index contributed by atoms with van der Waals surface area (Å²) in [5.74, 6) is 0.191. The van der Waals surface area contributed by atoms with Crippen molar-refractivity contribution in [1.82, 2.24) is 10.2 Å². The summed E-state index contributed by atoms with van der Waals surface area (Å²) in [5, 5.41) is 3.15. The minimum atomic E-state index is -0.308. The number of nitrogens with one attached hydrogen (secondary N) is 1. The summed E-state index contributed by atoms with van der Waals surface area (Å²) in [5.41, 5.74) is 6.38. The van der Waals surface area contributed by atoms with Crippen molar-refractivity contribution in [3.8, 4) is 5.75 Å². The van der Waals surface area contributed by atoms with Gasteiger partial charge in [-0.1, -0.05) is 11.6 Å². The number of anilines is 1. The Hall–Kier alpha value is -1.66. The van der Waals surface area contributed by atoms with E-state index in [0.29, 0.717) is 35.0 Å². The molecule has 1 saturated heterocycles. The van der Waals surface area contributed by atoms with Gasteiger partial charge in [-0.2, -0.15) is 0 Å². The van der Waals surface area contributed by atoms with Crippen LogP contribution in [0.5, 0.6) is 5.75 Å². The van der Waals surface area contributed by atoms with Gasteiger partial charge in [0.1, 0.15) is 5.75 Å². The van der Waals surface area contributed by atoms with Gasteiger partial charge in [0.25, 0.3) is 5.91 Å². The second-order valence-corrected chi connectivity index (χ2v) is 5.80. The van der Waals surface area contributed by atoms with Crippen LogP contribution in [0.25, 0.3) is 0 Å². The van der Waals surface area contributed by atoms with Crippen LogP contribution in [-0.4, -0.2) is 43.0 Å². The summed E-state index contributed by atoms with van der Waals surface area (Å²) in [4.78, 5) is 25.7. The summed E-state index contributed by atoms with van der Waals surface area (Å²) in [6.07, 6.45) is 1.46. The van der Waals surface area contributed by atoms with E-state index in [-0.39, 0.29) is 30.3 Å². The molecule has 1 aromatic carbocycles. The highest BCUT2D eigenvalue weighted by molar-refractivity contribution is 6.33. The predicted octanol–water partition coefficient (Wildman–Crippen LogP) is 2.09. The Balaban J connectivity index is 0.00000264. The van der Waals surface area contributed by atoms with Crippen LogP contribution in [-0.2, 0) is 4.79 Å². The lowest BCUT2D eigenvalue weighted by Gasteiger charge is -2.22. The highest BCUT2D eigenvalue weighted by atomic mass is 35.5. The number of likely N-dealkylation sites (tertiary alicyclic amines) is 1. The summed E-state index contributed by atoms with van der Waals surface area (Å²) in [6.45, 7) is 3.10. The number of methoxy groups -OCH3 is 1. The maximum absolute atomic E-state index is 12.4. The topological polar surface area (TPSA) is 84.7 Å². The second-order valence-electron chi connectivity index (χ2n) is 5.39. The van der Waals surface area contributed by atoms with Crippen molar-refractivity contribution < 1.29 is 14.3 Å². The quantitative estimate of drug-likeness (QED) is 0.786. The van der Waals surface area contributed by atoms with Crippen LogP contribution in [0.1, 0.15) is 30.1 Å². The van der Waals surface area contributed by atoms with Crippen LogP contribution in [0, 0.1) is 0 Å². The van der Waals surface area contributed by atoms with Gasteiger partial charge in [-0.05, 0) is 19.4 Å². The molecule has 1 aliphatic rings. The number of halogens is 2. The lowest BCUT2D eigenvalue weighted by atomic mass is 10.1. The molecular formula is C15H21Cl2N3O3. The molecule has 23 heavy (non-hydrogen) atoms. The number of carbonyl (C=O) groups excluding carboxylic acids is 2. The summed E-state index contributed by atoms with van der Waals surface area (Å²) < 4.78 is 5.17. The molecule has 1 unspecified atom stereocenters. The first-order valence-electron chi connectivity index (χ1n) is 7.14. The van der Waals surface area contributed by atoms with E-state index in [1.165, 1.54) is 19.2 Å². The van der Waals surface area contributed by atoms with E-state index < -0.39 is 0 Å². The van der Waals surface area contributed by atoms with Crippen molar-refractivity contribution >= 4 is 41.5 Å². The molecule has 8 heteroatoms. The van der Waals surface area contributed by atoms with Gasteiger partial charge < -0.3 is 20.7 Å². The Labute approximate surface area is 146 Å². The molecule has 3 N–H and O–H groups in total. The molecule has 0 bridgehead atoms. The fourth-order valence-electron chi connectivity index (χ4n) is 2.49. The largest absolute Gasteiger partial charge is 0.496 e. The van der Waals surface area contributed by atoms with E-state index in [4.69, 9.17) is 22.1 Å². The maximum atomic E-state index is 12.4. The molecule has 0 saturated carbocycles. The van der Waals surface area contributed by atoms with Crippen molar-refractivity contribution in [3.63, 3.8) is 0 Å². The molecular weight excluding hydrogens is 341 g/mol. The molecule has 1 aliphatic heterocycles. The number of nitrogens with zero attached hydrogens (tertiary/aromatic N) is 1. The van der Waals surface area contributed by atoms with Gasteiger partial charge in [-0.15, -0.1) is 12.4 Å². The van der Waals surface area contributed by atoms with E-state index in [1.807, 2.05) is 6.92 Å². The first-order valence-corrected chi connectivity index (χ1v) is 7.51. The molecule has 2 amide bonds. The molecule has 1 heterocycles. The van der Waals surface area contributed by atoms with E-state index in [2.05, 4.69) is 5.32 Å². The number of nitrogens with two attached hydrogens (primary N) is 1. The van der Waals surface area contributed by atoms with E-state index >= 15 is 0 Å². The fraction of sp³-hybridized carbons (Fsp3) is 0.467. The van der Waals surface area contributed by atoms with Gasteiger partial charge in [0, 0.05) is 31.6 Å².